The number of ether oxygens (including phenoxy) is 1. The minimum atomic E-state index is -3.69. The molecular weight excluding hydrogens is 318 g/mol. The summed E-state index contributed by atoms with van der Waals surface area (Å²) < 4.78 is 28.9. The molecule has 4 nitrogen and oxygen atoms in total. The zero-order chi connectivity index (χ0) is 13.9. The van der Waals surface area contributed by atoms with Crippen LogP contribution in [0.25, 0.3) is 0 Å². The van der Waals surface area contributed by atoms with Gasteiger partial charge in [-0.3, -0.25) is 0 Å². The molecule has 0 spiro atoms. The van der Waals surface area contributed by atoms with Gasteiger partial charge in [-0.1, -0.05) is 36.4 Å². The molecule has 0 aliphatic carbocycles. The minimum Gasteiger partial charge on any atom is -0.488 e. The van der Waals surface area contributed by atoms with Gasteiger partial charge in [-0.15, -0.1) is 0 Å². The average Bonchev–Trinajstić information content (AvgIpc) is 2.24. The number of primary sulfonamides is 1. The molecular formula is C12H16BrNO3S. The highest BCUT2D eigenvalue weighted by atomic mass is 79.9. The van der Waals surface area contributed by atoms with Crippen molar-refractivity contribution in [1.82, 2.24) is 0 Å². The smallest absolute Gasteiger partial charge is 0.238 e. The Morgan fingerprint density at radius 1 is 1.50 bits per heavy atom. The summed E-state index contributed by atoms with van der Waals surface area (Å²) in [4.78, 5) is 0.0937. The van der Waals surface area contributed by atoms with Crippen molar-refractivity contribution in [3.05, 3.63) is 34.8 Å². The SMILES string of the molecule is C=C(Br)COc1ccc(S(N)(=O)=O)cc1C(C)C. The maximum Gasteiger partial charge on any atom is 0.238 e. The molecule has 1 rings (SSSR count). The van der Waals surface area contributed by atoms with Crippen LogP contribution in [0.15, 0.2) is 34.2 Å². The van der Waals surface area contributed by atoms with Crippen molar-refractivity contribution in [2.24, 2.45) is 5.14 Å². The second-order valence-electron chi connectivity index (χ2n) is 4.21. The molecule has 0 aliphatic heterocycles. The number of benzene rings is 1. The summed E-state index contributed by atoms with van der Waals surface area (Å²) in [6.07, 6.45) is 0. The quantitative estimate of drug-likeness (QED) is 0.900. The molecule has 0 heterocycles. The number of rotatable bonds is 5. The monoisotopic (exact) mass is 333 g/mol. The Balaban J connectivity index is 3.17. The summed E-state index contributed by atoms with van der Waals surface area (Å²) in [7, 11) is -3.69. The van der Waals surface area contributed by atoms with Crippen LogP contribution in [-0.4, -0.2) is 15.0 Å². The highest BCUT2D eigenvalue weighted by molar-refractivity contribution is 9.11. The second-order valence-corrected chi connectivity index (χ2v) is 6.89. The fourth-order valence-corrected chi connectivity index (χ4v) is 2.11. The predicted octanol–water partition coefficient (Wildman–Crippen LogP) is 2.74. The predicted molar refractivity (Wildman–Crippen MR) is 75.5 cm³/mol. The molecule has 2 N–H and O–H groups in total. The van der Waals surface area contributed by atoms with Crippen molar-refractivity contribution < 1.29 is 13.2 Å². The molecule has 1 aromatic carbocycles. The van der Waals surface area contributed by atoms with Gasteiger partial charge in [0.1, 0.15) is 12.4 Å². The van der Waals surface area contributed by atoms with Crippen LogP contribution >= 0.6 is 15.9 Å². The molecule has 0 saturated heterocycles. The van der Waals surface area contributed by atoms with Gasteiger partial charge in [0, 0.05) is 4.48 Å². The minimum absolute atomic E-state index is 0.0937. The lowest BCUT2D eigenvalue weighted by Crippen LogP contribution is -2.13. The number of halogens is 1. The van der Waals surface area contributed by atoms with Gasteiger partial charge in [0.2, 0.25) is 10.0 Å². The number of hydrogen-bond donors (Lipinski definition) is 1. The third kappa shape index (κ3) is 4.12. The fraction of sp³-hybridized carbons (Fsp3) is 0.333. The van der Waals surface area contributed by atoms with Gasteiger partial charge in [-0.05, 0) is 29.7 Å². The zero-order valence-corrected chi connectivity index (χ0v) is 12.7. The van der Waals surface area contributed by atoms with Crippen LogP contribution < -0.4 is 9.88 Å². The molecule has 0 aromatic heterocycles. The highest BCUT2D eigenvalue weighted by Crippen LogP contribution is 2.29. The van der Waals surface area contributed by atoms with Crippen LogP contribution in [0.5, 0.6) is 5.75 Å². The zero-order valence-electron chi connectivity index (χ0n) is 10.3. The summed E-state index contributed by atoms with van der Waals surface area (Å²) in [5.74, 6) is 0.767. The van der Waals surface area contributed by atoms with Crippen molar-refractivity contribution in [3.63, 3.8) is 0 Å². The Bertz CT molecular complexity index is 552. The highest BCUT2D eigenvalue weighted by Gasteiger charge is 2.14. The molecule has 100 valence electrons. The summed E-state index contributed by atoms with van der Waals surface area (Å²) in [6.45, 7) is 7.92. The molecule has 18 heavy (non-hydrogen) atoms. The molecule has 6 heteroatoms. The topological polar surface area (TPSA) is 69.4 Å². The van der Waals surface area contributed by atoms with Crippen LogP contribution in [0.1, 0.15) is 25.3 Å². The maximum absolute atomic E-state index is 11.3. The van der Waals surface area contributed by atoms with Gasteiger partial charge in [0.15, 0.2) is 0 Å². The lowest BCUT2D eigenvalue weighted by Gasteiger charge is -2.14. The van der Waals surface area contributed by atoms with Crippen LogP contribution in [-0.2, 0) is 10.0 Å². The van der Waals surface area contributed by atoms with Crippen molar-refractivity contribution >= 4 is 26.0 Å². The van der Waals surface area contributed by atoms with E-state index < -0.39 is 10.0 Å². The largest absolute Gasteiger partial charge is 0.488 e. The van der Waals surface area contributed by atoms with E-state index in [9.17, 15) is 8.42 Å². The Hall–Kier alpha value is -0.850. The molecule has 0 amide bonds. The van der Waals surface area contributed by atoms with Crippen molar-refractivity contribution in [3.8, 4) is 5.75 Å². The van der Waals surface area contributed by atoms with Gasteiger partial charge in [0.25, 0.3) is 0 Å². The molecule has 0 fully saturated rings. The average molecular weight is 334 g/mol. The van der Waals surface area contributed by atoms with E-state index in [1.165, 1.54) is 6.07 Å². The van der Waals surface area contributed by atoms with Gasteiger partial charge >= 0.3 is 0 Å². The van der Waals surface area contributed by atoms with E-state index in [1.54, 1.807) is 12.1 Å². The molecule has 1 aromatic rings. The van der Waals surface area contributed by atoms with E-state index in [0.29, 0.717) is 16.8 Å². The fourth-order valence-electron chi connectivity index (χ4n) is 1.44. The van der Waals surface area contributed by atoms with Crippen LogP contribution in [0.3, 0.4) is 0 Å². The normalized spacial score (nSPS) is 11.6. The van der Waals surface area contributed by atoms with Crippen molar-refractivity contribution in [2.75, 3.05) is 6.61 Å². The molecule has 0 unspecified atom stereocenters. The summed E-state index contributed by atoms with van der Waals surface area (Å²) in [5.41, 5.74) is 0.801. The number of sulfonamides is 1. The third-order valence-electron chi connectivity index (χ3n) is 2.32. The Kier molecular flexibility index (Phi) is 4.95. The molecule has 0 aliphatic rings. The van der Waals surface area contributed by atoms with Crippen molar-refractivity contribution in [1.29, 1.82) is 0 Å². The van der Waals surface area contributed by atoms with Gasteiger partial charge in [-0.25, -0.2) is 13.6 Å². The van der Waals surface area contributed by atoms with E-state index in [2.05, 4.69) is 22.5 Å². The third-order valence-corrected chi connectivity index (χ3v) is 3.46. The first-order chi connectivity index (χ1) is 8.21. The molecule has 0 atom stereocenters. The van der Waals surface area contributed by atoms with E-state index >= 15 is 0 Å². The van der Waals surface area contributed by atoms with Crippen LogP contribution in [0.4, 0.5) is 0 Å². The molecule has 0 bridgehead atoms. The first-order valence-electron chi connectivity index (χ1n) is 5.34. The summed E-state index contributed by atoms with van der Waals surface area (Å²) in [6, 6.07) is 4.60. The standard InChI is InChI=1S/C12H16BrNO3S/c1-8(2)11-6-10(18(14,15)16)4-5-12(11)17-7-9(3)13/h4-6,8H,3,7H2,1-2H3,(H2,14,15,16). The van der Waals surface area contributed by atoms with E-state index in [1.807, 2.05) is 13.8 Å². The second kappa shape index (κ2) is 5.86. The van der Waals surface area contributed by atoms with Crippen LogP contribution in [0, 0.1) is 0 Å². The van der Waals surface area contributed by atoms with Gasteiger partial charge < -0.3 is 4.74 Å². The van der Waals surface area contributed by atoms with Crippen LogP contribution in [0.2, 0.25) is 0 Å². The Labute approximate surface area is 116 Å². The summed E-state index contributed by atoms with van der Waals surface area (Å²) >= 11 is 3.20. The number of hydrogen-bond acceptors (Lipinski definition) is 3. The van der Waals surface area contributed by atoms with Gasteiger partial charge in [0.05, 0.1) is 4.90 Å². The first kappa shape index (κ1) is 15.2. The first-order valence-corrected chi connectivity index (χ1v) is 7.68. The van der Waals surface area contributed by atoms with E-state index in [-0.39, 0.29) is 10.8 Å². The van der Waals surface area contributed by atoms with E-state index in [0.717, 1.165) is 5.56 Å². The lowest BCUT2D eigenvalue weighted by molar-refractivity contribution is 0.355. The lowest BCUT2D eigenvalue weighted by atomic mass is 10.0. The summed E-state index contributed by atoms with van der Waals surface area (Å²) in [5, 5.41) is 5.11. The molecule has 0 saturated carbocycles. The number of nitrogens with two attached hydrogens (primary N) is 1. The van der Waals surface area contributed by atoms with Crippen molar-refractivity contribution in [2.45, 2.75) is 24.7 Å². The Morgan fingerprint density at radius 2 is 2.11 bits per heavy atom. The van der Waals surface area contributed by atoms with Gasteiger partial charge in [-0.2, -0.15) is 0 Å². The maximum atomic E-state index is 11.3. The molecule has 0 radical (unpaired) electrons. The van der Waals surface area contributed by atoms with E-state index in [4.69, 9.17) is 9.88 Å². The Morgan fingerprint density at radius 3 is 2.56 bits per heavy atom.